The van der Waals surface area contributed by atoms with E-state index in [2.05, 4.69) is 17.9 Å². The van der Waals surface area contributed by atoms with E-state index in [4.69, 9.17) is 5.11 Å². The Morgan fingerprint density at radius 1 is 1.54 bits per heavy atom. The molecule has 0 rings (SSSR count). The fourth-order valence-corrected chi connectivity index (χ4v) is 1.18. The summed E-state index contributed by atoms with van der Waals surface area (Å²) in [6.07, 6.45) is 0.586. The van der Waals surface area contributed by atoms with Crippen molar-refractivity contribution in [3.63, 3.8) is 0 Å². The third-order valence-electron chi connectivity index (χ3n) is 1.94. The second-order valence-corrected chi connectivity index (χ2v) is 4.47. The van der Waals surface area contributed by atoms with Crippen LogP contribution in [-0.2, 0) is 4.79 Å². The van der Waals surface area contributed by atoms with E-state index >= 15 is 0 Å². The van der Waals surface area contributed by atoms with Gasteiger partial charge in [0.2, 0.25) is 5.91 Å². The molecule has 0 bridgehead atoms. The zero-order valence-electron chi connectivity index (χ0n) is 8.50. The first-order chi connectivity index (χ1) is 5.91. The van der Waals surface area contributed by atoms with Crippen molar-refractivity contribution in [1.82, 2.24) is 5.32 Å². The average molecular weight is 205 g/mol. The highest BCUT2D eigenvalue weighted by Gasteiger charge is 2.24. The van der Waals surface area contributed by atoms with Gasteiger partial charge in [-0.05, 0) is 11.8 Å². The summed E-state index contributed by atoms with van der Waals surface area (Å²) in [4.78, 5) is 11.1. The average Bonchev–Trinajstić information content (AvgIpc) is 2.01. The number of nitrogens with one attached hydrogen (secondary N) is 1. The van der Waals surface area contributed by atoms with Gasteiger partial charge < -0.3 is 10.4 Å². The fraction of sp³-hybridized carbons (Fsp3) is 0.889. The van der Waals surface area contributed by atoms with Gasteiger partial charge in [0.05, 0.1) is 5.75 Å². The molecule has 3 nitrogen and oxygen atoms in total. The first-order valence-corrected chi connectivity index (χ1v) is 5.06. The summed E-state index contributed by atoms with van der Waals surface area (Å²) in [5.41, 5.74) is -0.0265. The van der Waals surface area contributed by atoms with Crippen molar-refractivity contribution < 1.29 is 9.90 Å². The lowest BCUT2D eigenvalue weighted by molar-refractivity contribution is -0.120. The van der Waals surface area contributed by atoms with Gasteiger partial charge in [0.1, 0.15) is 0 Å². The topological polar surface area (TPSA) is 49.3 Å². The summed E-state index contributed by atoms with van der Waals surface area (Å²) >= 11 is 3.88. The third-order valence-corrected chi connectivity index (χ3v) is 2.23. The molecule has 0 aliphatic rings. The van der Waals surface area contributed by atoms with Gasteiger partial charge in [-0.2, -0.15) is 12.6 Å². The first kappa shape index (κ1) is 12.8. The summed E-state index contributed by atoms with van der Waals surface area (Å²) in [5, 5.41) is 11.6. The predicted molar refractivity (Wildman–Crippen MR) is 56.9 cm³/mol. The molecule has 13 heavy (non-hydrogen) atoms. The van der Waals surface area contributed by atoms with Crippen molar-refractivity contribution in [3.8, 4) is 0 Å². The second kappa shape index (κ2) is 5.50. The zero-order chi connectivity index (χ0) is 10.5. The minimum Gasteiger partial charge on any atom is -0.396 e. The van der Waals surface area contributed by atoms with E-state index in [0.717, 1.165) is 0 Å². The largest absolute Gasteiger partial charge is 0.396 e. The number of aliphatic hydroxyl groups is 1. The molecule has 0 aromatic carbocycles. The van der Waals surface area contributed by atoms with Crippen LogP contribution < -0.4 is 5.32 Å². The Kier molecular flexibility index (Phi) is 5.40. The zero-order valence-corrected chi connectivity index (χ0v) is 9.40. The van der Waals surface area contributed by atoms with E-state index in [1.165, 1.54) is 0 Å². The van der Waals surface area contributed by atoms with E-state index in [9.17, 15) is 4.79 Å². The normalized spacial score (nSPS) is 13.9. The van der Waals surface area contributed by atoms with Crippen molar-refractivity contribution in [2.24, 2.45) is 5.41 Å². The Bertz CT molecular complexity index is 165. The smallest absolute Gasteiger partial charge is 0.229 e. The molecule has 0 saturated heterocycles. The number of rotatable bonds is 4. The highest BCUT2D eigenvalue weighted by molar-refractivity contribution is 7.81. The molecule has 0 aromatic heterocycles. The number of hydrogen-bond donors (Lipinski definition) is 3. The van der Waals surface area contributed by atoms with Crippen molar-refractivity contribution >= 4 is 18.5 Å². The molecule has 0 radical (unpaired) electrons. The lowest BCUT2D eigenvalue weighted by Crippen LogP contribution is -2.44. The van der Waals surface area contributed by atoms with Crippen LogP contribution in [0.15, 0.2) is 0 Å². The van der Waals surface area contributed by atoms with Gasteiger partial charge in [-0.1, -0.05) is 20.8 Å². The molecule has 1 amide bonds. The van der Waals surface area contributed by atoms with E-state index in [0.29, 0.717) is 6.42 Å². The van der Waals surface area contributed by atoms with Gasteiger partial charge >= 0.3 is 0 Å². The van der Waals surface area contributed by atoms with Gasteiger partial charge in [-0.25, -0.2) is 0 Å². The molecule has 2 N–H and O–H groups in total. The van der Waals surface area contributed by atoms with Crippen LogP contribution >= 0.6 is 12.6 Å². The summed E-state index contributed by atoms with van der Waals surface area (Å²) in [7, 11) is 0. The van der Waals surface area contributed by atoms with Crippen LogP contribution in [0.3, 0.4) is 0 Å². The van der Waals surface area contributed by atoms with Crippen LogP contribution in [0.4, 0.5) is 0 Å². The maximum absolute atomic E-state index is 11.1. The molecular formula is C9H19NO2S. The van der Waals surface area contributed by atoms with Crippen LogP contribution in [-0.4, -0.2) is 29.4 Å². The summed E-state index contributed by atoms with van der Waals surface area (Å²) in [5.74, 6) is 0.106. The van der Waals surface area contributed by atoms with Crippen LogP contribution in [0.5, 0.6) is 0 Å². The van der Waals surface area contributed by atoms with Crippen LogP contribution in [0, 0.1) is 5.41 Å². The first-order valence-electron chi connectivity index (χ1n) is 4.43. The standard InChI is InChI=1S/C9H19NO2S/c1-9(2,3)7(4-5-11)10-8(12)6-13/h7,11,13H,4-6H2,1-3H3,(H,10,12). The van der Waals surface area contributed by atoms with E-state index in [-0.39, 0.29) is 29.7 Å². The lowest BCUT2D eigenvalue weighted by Gasteiger charge is -2.30. The van der Waals surface area contributed by atoms with Crippen molar-refractivity contribution in [3.05, 3.63) is 0 Å². The summed E-state index contributed by atoms with van der Waals surface area (Å²) < 4.78 is 0. The molecule has 0 saturated carbocycles. The maximum Gasteiger partial charge on any atom is 0.229 e. The molecule has 0 aliphatic carbocycles. The summed E-state index contributed by atoms with van der Waals surface area (Å²) in [6.45, 7) is 6.19. The minimum absolute atomic E-state index is 0.0112. The molecule has 0 spiro atoms. The molecule has 0 fully saturated rings. The van der Waals surface area contributed by atoms with E-state index in [1.807, 2.05) is 20.8 Å². The second-order valence-electron chi connectivity index (χ2n) is 4.16. The van der Waals surface area contributed by atoms with Crippen molar-refractivity contribution in [1.29, 1.82) is 0 Å². The van der Waals surface area contributed by atoms with Crippen LogP contribution in [0.25, 0.3) is 0 Å². The highest BCUT2D eigenvalue weighted by Crippen LogP contribution is 2.21. The molecule has 78 valence electrons. The van der Waals surface area contributed by atoms with Crippen molar-refractivity contribution in [2.45, 2.75) is 33.2 Å². The minimum atomic E-state index is -0.0864. The SMILES string of the molecule is CC(C)(C)C(CCO)NC(=O)CS. The van der Waals surface area contributed by atoms with Crippen molar-refractivity contribution in [2.75, 3.05) is 12.4 Å². The molecule has 0 aliphatic heterocycles. The Balaban J connectivity index is 4.18. The number of hydrogen-bond acceptors (Lipinski definition) is 3. The molecule has 0 heterocycles. The molecular weight excluding hydrogens is 186 g/mol. The maximum atomic E-state index is 11.1. The van der Waals surface area contributed by atoms with Gasteiger partial charge in [0.15, 0.2) is 0 Å². The summed E-state index contributed by atoms with van der Waals surface area (Å²) in [6, 6.07) is 0.0112. The number of carbonyl (C=O) groups excluding carboxylic acids is 1. The molecule has 0 aromatic rings. The Morgan fingerprint density at radius 3 is 2.38 bits per heavy atom. The Hall–Kier alpha value is -0.220. The highest BCUT2D eigenvalue weighted by atomic mass is 32.1. The number of carbonyl (C=O) groups is 1. The van der Waals surface area contributed by atoms with Crippen LogP contribution in [0.1, 0.15) is 27.2 Å². The van der Waals surface area contributed by atoms with Gasteiger partial charge in [-0.15, -0.1) is 0 Å². The van der Waals surface area contributed by atoms with Gasteiger partial charge in [0.25, 0.3) is 0 Å². The van der Waals surface area contributed by atoms with E-state index < -0.39 is 0 Å². The Labute approximate surface area is 85.3 Å². The number of thiol groups is 1. The fourth-order valence-electron chi connectivity index (χ4n) is 1.09. The lowest BCUT2D eigenvalue weighted by atomic mass is 9.85. The number of aliphatic hydroxyl groups excluding tert-OH is 1. The molecule has 4 heteroatoms. The number of amides is 1. The van der Waals surface area contributed by atoms with Crippen LogP contribution in [0.2, 0.25) is 0 Å². The monoisotopic (exact) mass is 205 g/mol. The van der Waals surface area contributed by atoms with Gasteiger partial charge in [-0.3, -0.25) is 4.79 Å². The van der Waals surface area contributed by atoms with E-state index in [1.54, 1.807) is 0 Å². The Morgan fingerprint density at radius 2 is 2.08 bits per heavy atom. The quantitative estimate of drug-likeness (QED) is 0.595. The van der Waals surface area contributed by atoms with Gasteiger partial charge in [0, 0.05) is 12.6 Å². The molecule has 1 atom stereocenters. The molecule has 1 unspecified atom stereocenters. The predicted octanol–water partition coefficient (Wildman–Crippen LogP) is 0.829. The third kappa shape index (κ3) is 5.16.